The van der Waals surface area contributed by atoms with E-state index in [-0.39, 0.29) is 23.5 Å². The van der Waals surface area contributed by atoms with Crippen LogP contribution in [0.4, 0.5) is 5.69 Å². The minimum Gasteiger partial charge on any atom is -0.497 e. The number of hydrogen-bond donors (Lipinski definition) is 1. The van der Waals surface area contributed by atoms with Crippen molar-refractivity contribution in [3.8, 4) is 17.0 Å². The fourth-order valence-electron chi connectivity index (χ4n) is 4.64. The lowest BCUT2D eigenvalue weighted by atomic mass is 10.0. The summed E-state index contributed by atoms with van der Waals surface area (Å²) in [5, 5.41) is 8.30. The molecular formula is C27H28N4O4S. The molecule has 1 unspecified atom stereocenters. The number of aryl methyl sites for hydroxylation is 3. The number of nitrogens with zero attached hydrogens (tertiary/aromatic N) is 3. The first-order chi connectivity index (χ1) is 17.1. The summed E-state index contributed by atoms with van der Waals surface area (Å²) in [6.07, 6.45) is 0.469. The van der Waals surface area contributed by atoms with Crippen LogP contribution in [0.3, 0.4) is 0 Å². The molecule has 36 heavy (non-hydrogen) atoms. The van der Waals surface area contributed by atoms with Crippen molar-refractivity contribution < 1.29 is 17.9 Å². The van der Waals surface area contributed by atoms with E-state index in [0.717, 1.165) is 16.7 Å². The average molecular weight is 505 g/mol. The van der Waals surface area contributed by atoms with Crippen LogP contribution in [0.1, 0.15) is 39.6 Å². The van der Waals surface area contributed by atoms with Gasteiger partial charge in [-0.2, -0.15) is 5.10 Å². The van der Waals surface area contributed by atoms with Gasteiger partial charge in [-0.1, -0.05) is 6.07 Å². The van der Waals surface area contributed by atoms with E-state index in [9.17, 15) is 13.2 Å². The summed E-state index contributed by atoms with van der Waals surface area (Å²) in [6.45, 7) is 5.85. The topological polar surface area (TPSA) is 103 Å². The van der Waals surface area contributed by atoms with Crippen LogP contribution in [-0.4, -0.2) is 47.7 Å². The first kappa shape index (κ1) is 24.0. The number of anilines is 1. The van der Waals surface area contributed by atoms with Gasteiger partial charge in [0.2, 0.25) is 0 Å². The minimum atomic E-state index is -3.13. The van der Waals surface area contributed by atoms with Crippen LogP contribution in [0.2, 0.25) is 0 Å². The van der Waals surface area contributed by atoms with E-state index in [1.54, 1.807) is 17.9 Å². The Bertz CT molecular complexity index is 1590. The van der Waals surface area contributed by atoms with Crippen molar-refractivity contribution in [1.29, 1.82) is 0 Å². The largest absolute Gasteiger partial charge is 0.497 e. The maximum absolute atomic E-state index is 13.6. The van der Waals surface area contributed by atoms with E-state index in [4.69, 9.17) is 9.72 Å². The molecule has 1 amide bonds. The molecule has 2 aromatic heterocycles. The molecule has 0 spiro atoms. The van der Waals surface area contributed by atoms with Gasteiger partial charge in [0.25, 0.3) is 5.91 Å². The van der Waals surface area contributed by atoms with Crippen LogP contribution >= 0.6 is 0 Å². The fraction of sp³-hybridized carbons (Fsp3) is 0.296. The highest BCUT2D eigenvalue weighted by Gasteiger charge is 2.32. The molecule has 3 heterocycles. The van der Waals surface area contributed by atoms with E-state index in [1.807, 2.05) is 63.2 Å². The van der Waals surface area contributed by atoms with E-state index in [2.05, 4.69) is 10.4 Å². The van der Waals surface area contributed by atoms with Gasteiger partial charge in [-0.15, -0.1) is 0 Å². The number of rotatable bonds is 5. The third-order valence-electron chi connectivity index (χ3n) is 6.79. The predicted molar refractivity (Wildman–Crippen MR) is 140 cm³/mol. The van der Waals surface area contributed by atoms with Crippen LogP contribution in [0, 0.1) is 20.8 Å². The smallest absolute Gasteiger partial charge is 0.256 e. The molecule has 1 saturated heterocycles. The van der Waals surface area contributed by atoms with E-state index in [0.29, 0.717) is 45.8 Å². The third-order valence-corrected chi connectivity index (χ3v) is 8.54. The number of aromatic nitrogens is 3. The lowest BCUT2D eigenvalue weighted by Crippen LogP contribution is -2.15. The van der Waals surface area contributed by atoms with Crippen molar-refractivity contribution in [3.05, 3.63) is 70.9 Å². The summed E-state index contributed by atoms with van der Waals surface area (Å²) in [4.78, 5) is 18.5. The van der Waals surface area contributed by atoms with Crippen molar-refractivity contribution in [3.63, 3.8) is 0 Å². The number of methoxy groups -OCH3 is 1. The Hall–Kier alpha value is -3.72. The minimum absolute atomic E-state index is 0.0157. The zero-order chi connectivity index (χ0) is 25.6. The molecule has 1 fully saturated rings. The maximum Gasteiger partial charge on any atom is 0.256 e. The Kier molecular flexibility index (Phi) is 6.04. The lowest BCUT2D eigenvalue weighted by molar-refractivity contribution is 0.102. The van der Waals surface area contributed by atoms with E-state index < -0.39 is 9.84 Å². The number of hydrogen-bond acceptors (Lipinski definition) is 6. The molecular weight excluding hydrogens is 476 g/mol. The molecule has 9 heteroatoms. The molecule has 1 aliphatic rings. The van der Waals surface area contributed by atoms with Gasteiger partial charge in [0.15, 0.2) is 15.5 Å². The number of ether oxygens (including phenoxy) is 1. The van der Waals surface area contributed by atoms with Crippen molar-refractivity contribution >= 4 is 32.5 Å². The van der Waals surface area contributed by atoms with Crippen LogP contribution in [0.15, 0.2) is 48.5 Å². The van der Waals surface area contributed by atoms with Crippen molar-refractivity contribution in [2.45, 2.75) is 33.2 Å². The Labute approximate surface area is 210 Å². The van der Waals surface area contributed by atoms with Gasteiger partial charge >= 0.3 is 0 Å². The molecule has 0 saturated carbocycles. The lowest BCUT2D eigenvalue weighted by Gasteiger charge is -2.13. The summed E-state index contributed by atoms with van der Waals surface area (Å²) in [6, 6.07) is 14.7. The van der Waals surface area contributed by atoms with Crippen LogP contribution in [0.5, 0.6) is 5.75 Å². The number of nitrogens with one attached hydrogen (secondary N) is 1. The Balaban J connectivity index is 1.66. The second-order valence-electron chi connectivity index (χ2n) is 9.32. The van der Waals surface area contributed by atoms with Gasteiger partial charge in [-0.25, -0.2) is 18.1 Å². The van der Waals surface area contributed by atoms with Gasteiger partial charge in [0.1, 0.15) is 5.75 Å². The number of pyridine rings is 1. The first-order valence-corrected chi connectivity index (χ1v) is 13.6. The van der Waals surface area contributed by atoms with Crippen LogP contribution in [-0.2, 0) is 9.84 Å². The molecule has 4 aromatic rings. The average Bonchev–Trinajstić information content (AvgIpc) is 3.39. The van der Waals surface area contributed by atoms with Gasteiger partial charge in [-0.05, 0) is 80.8 Å². The van der Waals surface area contributed by atoms with Gasteiger partial charge in [-0.3, -0.25) is 4.79 Å². The predicted octanol–water partition coefficient (Wildman–Crippen LogP) is 4.64. The standard InChI is InChI=1S/C27H28N4O4S/c1-16-5-8-20(13-17(16)2)28-27(32)23-14-24(19-6-9-22(35-4)10-7-19)29-26-25(23)18(3)30-31(26)21-11-12-36(33,34)15-21/h5-10,13-14,21H,11-12,15H2,1-4H3,(H,28,32). The Morgan fingerprint density at radius 3 is 2.44 bits per heavy atom. The summed E-state index contributed by atoms with van der Waals surface area (Å²) in [7, 11) is -1.53. The van der Waals surface area contributed by atoms with Crippen molar-refractivity contribution in [1.82, 2.24) is 14.8 Å². The number of sulfone groups is 1. The molecule has 0 radical (unpaired) electrons. The summed E-state index contributed by atoms with van der Waals surface area (Å²) in [5.74, 6) is 0.574. The number of carbonyl (C=O) groups excluding carboxylic acids is 1. The molecule has 1 atom stereocenters. The van der Waals surface area contributed by atoms with Gasteiger partial charge in [0.05, 0.1) is 47.0 Å². The highest BCUT2D eigenvalue weighted by Crippen LogP contribution is 2.33. The second-order valence-corrected chi connectivity index (χ2v) is 11.6. The normalized spacial score (nSPS) is 16.8. The molecule has 1 aliphatic heterocycles. The SMILES string of the molecule is COc1ccc(-c2cc(C(=O)Nc3ccc(C)c(C)c3)c3c(C)nn(C4CCS(=O)(=O)C4)c3n2)cc1. The zero-order valence-corrected chi connectivity index (χ0v) is 21.5. The zero-order valence-electron chi connectivity index (χ0n) is 20.7. The van der Waals surface area contributed by atoms with Gasteiger partial charge in [0, 0.05) is 11.3 Å². The third kappa shape index (κ3) is 4.46. The van der Waals surface area contributed by atoms with Crippen LogP contribution in [0.25, 0.3) is 22.3 Å². The van der Waals surface area contributed by atoms with Gasteiger partial charge < -0.3 is 10.1 Å². The molecule has 0 bridgehead atoms. The monoisotopic (exact) mass is 504 g/mol. The molecule has 5 rings (SSSR count). The molecule has 0 aliphatic carbocycles. The molecule has 2 aromatic carbocycles. The fourth-order valence-corrected chi connectivity index (χ4v) is 6.33. The van der Waals surface area contributed by atoms with E-state index in [1.165, 1.54) is 0 Å². The number of carbonyl (C=O) groups is 1. The second kappa shape index (κ2) is 9.05. The summed E-state index contributed by atoms with van der Waals surface area (Å²) < 4.78 is 31.4. The summed E-state index contributed by atoms with van der Waals surface area (Å²) >= 11 is 0. The molecule has 186 valence electrons. The number of fused-ring (bicyclic) bond motifs is 1. The van der Waals surface area contributed by atoms with Crippen LogP contribution < -0.4 is 10.1 Å². The highest BCUT2D eigenvalue weighted by molar-refractivity contribution is 7.91. The molecule has 1 N–H and O–H groups in total. The number of benzene rings is 2. The molecule has 8 nitrogen and oxygen atoms in total. The van der Waals surface area contributed by atoms with E-state index >= 15 is 0 Å². The van der Waals surface area contributed by atoms with Crippen molar-refractivity contribution in [2.75, 3.05) is 23.9 Å². The van der Waals surface area contributed by atoms with Crippen molar-refractivity contribution in [2.24, 2.45) is 0 Å². The Morgan fingerprint density at radius 2 is 1.81 bits per heavy atom. The summed E-state index contributed by atoms with van der Waals surface area (Å²) in [5.41, 5.74) is 5.91. The highest BCUT2D eigenvalue weighted by atomic mass is 32.2. The first-order valence-electron chi connectivity index (χ1n) is 11.8. The Morgan fingerprint density at radius 1 is 1.06 bits per heavy atom. The maximum atomic E-state index is 13.6. The quantitative estimate of drug-likeness (QED) is 0.425. The number of amides is 1.